The fourth-order valence-electron chi connectivity index (χ4n) is 2.20. The average molecular weight is 182 g/mol. The molecule has 2 aliphatic rings. The van der Waals surface area contributed by atoms with Gasteiger partial charge in [0.05, 0.1) is 6.10 Å². The maximum absolute atomic E-state index is 11.2. The molecule has 1 heterocycles. The number of carbonyl (C=O) groups is 1. The molecule has 1 N–H and O–H groups in total. The van der Waals surface area contributed by atoms with E-state index in [0.29, 0.717) is 5.57 Å². The van der Waals surface area contributed by atoms with E-state index in [4.69, 9.17) is 4.74 Å². The van der Waals surface area contributed by atoms with Gasteiger partial charge in [-0.3, -0.25) is 0 Å². The van der Waals surface area contributed by atoms with Gasteiger partial charge in [-0.05, 0) is 12.8 Å². The third-order valence-electron chi connectivity index (χ3n) is 2.99. The number of carbonyl (C=O) groups excluding carboxylic acids is 1. The Bertz CT molecular complexity index is 247. The van der Waals surface area contributed by atoms with Crippen molar-refractivity contribution < 1.29 is 14.6 Å². The Balaban J connectivity index is 2.20. The molecule has 0 amide bonds. The normalized spacial score (nSPS) is 39.6. The van der Waals surface area contributed by atoms with Crippen LogP contribution in [0.4, 0.5) is 0 Å². The highest BCUT2D eigenvalue weighted by molar-refractivity contribution is 5.90. The van der Waals surface area contributed by atoms with Gasteiger partial charge in [0.1, 0.15) is 6.10 Å². The Morgan fingerprint density at radius 3 is 2.85 bits per heavy atom. The van der Waals surface area contributed by atoms with Crippen LogP contribution in [0.1, 0.15) is 25.7 Å². The van der Waals surface area contributed by atoms with Crippen molar-refractivity contribution in [3.8, 4) is 0 Å². The molecule has 0 bridgehead atoms. The molecule has 1 aliphatic heterocycles. The molecule has 0 radical (unpaired) electrons. The molecule has 0 aromatic heterocycles. The fraction of sp³-hybridized carbons (Fsp3) is 0.700. The van der Waals surface area contributed by atoms with Crippen LogP contribution in [0.25, 0.3) is 0 Å². The van der Waals surface area contributed by atoms with Gasteiger partial charge < -0.3 is 9.84 Å². The van der Waals surface area contributed by atoms with Crippen LogP contribution in [0.15, 0.2) is 12.2 Å². The maximum Gasteiger partial charge on any atom is 0.334 e. The maximum atomic E-state index is 11.2. The molecule has 3 nitrogen and oxygen atoms in total. The number of hydrogen-bond donors (Lipinski definition) is 1. The summed E-state index contributed by atoms with van der Waals surface area (Å²) in [5.74, 6) is -0.263. The molecule has 3 atom stereocenters. The lowest BCUT2D eigenvalue weighted by Crippen LogP contribution is -2.29. The highest BCUT2D eigenvalue weighted by Gasteiger charge is 2.43. The highest BCUT2D eigenvalue weighted by Crippen LogP contribution is 2.36. The first-order chi connectivity index (χ1) is 6.20. The first kappa shape index (κ1) is 8.75. The predicted molar refractivity (Wildman–Crippen MR) is 47.0 cm³/mol. The average Bonchev–Trinajstić information content (AvgIpc) is 2.30. The lowest BCUT2D eigenvalue weighted by molar-refractivity contribution is -0.144. The summed E-state index contributed by atoms with van der Waals surface area (Å²) in [6, 6.07) is 0. The fourth-order valence-corrected chi connectivity index (χ4v) is 2.20. The predicted octanol–water partition coefficient (Wildman–Crippen LogP) is 1.02. The molecular formula is C10H14O3. The lowest BCUT2D eigenvalue weighted by atomic mass is 9.92. The van der Waals surface area contributed by atoms with Gasteiger partial charge >= 0.3 is 5.97 Å². The molecule has 0 aromatic carbocycles. The highest BCUT2D eigenvalue weighted by atomic mass is 16.6. The van der Waals surface area contributed by atoms with Crippen molar-refractivity contribution in [3.05, 3.63) is 12.2 Å². The number of fused-ring (bicyclic) bond motifs is 1. The summed E-state index contributed by atoms with van der Waals surface area (Å²) in [5.41, 5.74) is 0.547. The van der Waals surface area contributed by atoms with Crippen molar-refractivity contribution in [1.82, 2.24) is 0 Å². The second-order valence-corrected chi connectivity index (χ2v) is 3.85. The quantitative estimate of drug-likeness (QED) is 0.449. The number of esters is 1. The van der Waals surface area contributed by atoms with Crippen molar-refractivity contribution in [1.29, 1.82) is 0 Å². The monoisotopic (exact) mass is 182 g/mol. The van der Waals surface area contributed by atoms with Gasteiger partial charge in [-0.2, -0.15) is 0 Å². The third-order valence-corrected chi connectivity index (χ3v) is 2.99. The summed E-state index contributed by atoms with van der Waals surface area (Å²) >= 11 is 0. The molecule has 0 unspecified atom stereocenters. The van der Waals surface area contributed by atoms with Crippen LogP contribution in [0.3, 0.4) is 0 Å². The molecule has 0 aromatic rings. The van der Waals surface area contributed by atoms with E-state index >= 15 is 0 Å². The molecular weight excluding hydrogens is 168 g/mol. The van der Waals surface area contributed by atoms with Crippen molar-refractivity contribution in [2.24, 2.45) is 5.92 Å². The van der Waals surface area contributed by atoms with Gasteiger partial charge in [0.25, 0.3) is 0 Å². The number of aliphatic hydroxyl groups excluding tert-OH is 1. The van der Waals surface area contributed by atoms with Gasteiger partial charge in [0, 0.05) is 11.5 Å². The molecule has 72 valence electrons. The van der Waals surface area contributed by atoms with E-state index in [9.17, 15) is 9.90 Å². The minimum atomic E-state index is -0.490. The summed E-state index contributed by atoms with van der Waals surface area (Å²) in [7, 11) is 0. The minimum Gasteiger partial charge on any atom is -0.456 e. The topological polar surface area (TPSA) is 46.5 Å². The van der Waals surface area contributed by atoms with Gasteiger partial charge in [-0.15, -0.1) is 0 Å². The Kier molecular flexibility index (Phi) is 2.12. The largest absolute Gasteiger partial charge is 0.456 e. The van der Waals surface area contributed by atoms with E-state index in [2.05, 4.69) is 6.58 Å². The third kappa shape index (κ3) is 1.37. The van der Waals surface area contributed by atoms with Gasteiger partial charge in [0.2, 0.25) is 0 Å². The van der Waals surface area contributed by atoms with E-state index in [1.54, 1.807) is 0 Å². The molecule has 13 heavy (non-hydrogen) atoms. The molecule has 1 saturated carbocycles. The number of rotatable bonds is 0. The second-order valence-electron chi connectivity index (χ2n) is 3.85. The summed E-state index contributed by atoms with van der Waals surface area (Å²) < 4.78 is 5.08. The van der Waals surface area contributed by atoms with Crippen molar-refractivity contribution in [2.75, 3.05) is 0 Å². The Morgan fingerprint density at radius 2 is 2.08 bits per heavy atom. The Morgan fingerprint density at radius 1 is 1.38 bits per heavy atom. The van der Waals surface area contributed by atoms with Crippen molar-refractivity contribution in [2.45, 2.75) is 37.9 Å². The smallest absolute Gasteiger partial charge is 0.334 e. The standard InChI is InChI=1S/C10H14O3/c1-6-7-4-2-3-5-8(11)9(7)13-10(6)12/h7-9,11H,1-5H2/t7-,8+,9-/m1/s1. The van der Waals surface area contributed by atoms with Gasteiger partial charge in [0.15, 0.2) is 0 Å². The van der Waals surface area contributed by atoms with E-state index in [0.717, 1.165) is 25.7 Å². The van der Waals surface area contributed by atoms with Crippen LogP contribution in [-0.2, 0) is 9.53 Å². The van der Waals surface area contributed by atoms with Crippen LogP contribution in [0.5, 0.6) is 0 Å². The first-order valence-electron chi connectivity index (χ1n) is 4.78. The summed E-state index contributed by atoms with van der Waals surface area (Å²) in [4.78, 5) is 11.2. The summed E-state index contributed by atoms with van der Waals surface area (Å²) in [6.07, 6.45) is 2.92. The zero-order chi connectivity index (χ0) is 9.42. The van der Waals surface area contributed by atoms with E-state index in [1.807, 2.05) is 0 Å². The van der Waals surface area contributed by atoms with E-state index in [1.165, 1.54) is 0 Å². The minimum absolute atomic E-state index is 0.0602. The number of hydrogen-bond acceptors (Lipinski definition) is 3. The van der Waals surface area contributed by atoms with Crippen molar-refractivity contribution in [3.63, 3.8) is 0 Å². The Hall–Kier alpha value is -0.830. The molecule has 1 saturated heterocycles. The number of aliphatic hydroxyl groups is 1. The van der Waals surface area contributed by atoms with Crippen LogP contribution in [-0.4, -0.2) is 23.3 Å². The molecule has 3 heteroatoms. The van der Waals surface area contributed by atoms with Crippen LogP contribution in [0, 0.1) is 5.92 Å². The zero-order valence-corrected chi connectivity index (χ0v) is 7.53. The summed E-state index contributed by atoms with van der Waals surface area (Å²) in [5, 5.41) is 9.68. The zero-order valence-electron chi connectivity index (χ0n) is 7.53. The van der Waals surface area contributed by atoms with Crippen molar-refractivity contribution >= 4 is 5.97 Å². The SMILES string of the molecule is C=C1C(=O)O[C@@H]2[C@@H]1CCCC[C@@H]2O. The van der Waals surface area contributed by atoms with Gasteiger partial charge in [-0.1, -0.05) is 19.4 Å². The van der Waals surface area contributed by atoms with E-state index in [-0.39, 0.29) is 18.0 Å². The van der Waals surface area contributed by atoms with E-state index < -0.39 is 6.10 Å². The summed E-state index contributed by atoms with van der Waals surface area (Å²) in [6.45, 7) is 3.71. The second kappa shape index (κ2) is 3.14. The lowest BCUT2D eigenvalue weighted by Gasteiger charge is -2.18. The van der Waals surface area contributed by atoms with Crippen LogP contribution in [0.2, 0.25) is 0 Å². The van der Waals surface area contributed by atoms with Crippen LogP contribution < -0.4 is 0 Å². The molecule has 2 fully saturated rings. The first-order valence-corrected chi connectivity index (χ1v) is 4.78. The van der Waals surface area contributed by atoms with Crippen LogP contribution >= 0.6 is 0 Å². The molecule has 2 rings (SSSR count). The Labute approximate surface area is 77.4 Å². The molecule has 0 spiro atoms. The number of ether oxygens (including phenoxy) is 1. The molecule has 1 aliphatic carbocycles. The van der Waals surface area contributed by atoms with Gasteiger partial charge in [-0.25, -0.2) is 4.79 Å².